The number of carbonyl (C=O) groups is 2. The van der Waals surface area contributed by atoms with Crippen LogP contribution in [-0.2, 0) is 14.3 Å². The van der Waals surface area contributed by atoms with Gasteiger partial charge in [0, 0.05) is 18.8 Å². The highest BCUT2D eigenvalue weighted by molar-refractivity contribution is 5.84. The van der Waals surface area contributed by atoms with Crippen LogP contribution in [0.25, 0.3) is 0 Å². The Bertz CT molecular complexity index is 567. The fraction of sp³-hybridized carbons (Fsp3) is 0.846. The molecular formula is C26H44O4. The number of hydrogen-bond donors (Lipinski definition) is 1. The zero-order chi connectivity index (χ0) is 22.0. The number of unbranched alkanes of at least 4 members (excludes halogenated alkanes) is 5. The number of carbonyl (C=O) groups excluding carboxylic acids is 2. The van der Waals surface area contributed by atoms with Crippen molar-refractivity contribution in [2.24, 2.45) is 17.8 Å². The van der Waals surface area contributed by atoms with Gasteiger partial charge in [-0.15, -0.1) is 0 Å². The molecule has 0 amide bonds. The molecule has 0 heterocycles. The van der Waals surface area contributed by atoms with Gasteiger partial charge in [0.15, 0.2) is 0 Å². The van der Waals surface area contributed by atoms with Gasteiger partial charge >= 0.3 is 5.97 Å². The Balaban J connectivity index is 1.70. The van der Waals surface area contributed by atoms with Crippen LogP contribution in [0.3, 0.4) is 0 Å². The Labute approximate surface area is 183 Å². The zero-order valence-corrected chi connectivity index (χ0v) is 19.5. The molecular weight excluding hydrogens is 376 g/mol. The van der Waals surface area contributed by atoms with Gasteiger partial charge in [0.25, 0.3) is 0 Å². The maximum absolute atomic E-state index is 12.6. The smallest absolute Gasteiger partial charge is 0.306 e. The topological polar surface area (TPSA) is 63.6 Å². The van der Waals surface area contributed by atoms with Gasteiger partial charge in [-0.1, -0.05) is 51.2 Å². The minimum Gasteiger partial charge on any atom is -0.463 e. The lowest BCUT2D eigenvalue weighted by molar-refractivity contribution is -0.147. The number of hydrogen-bond acceptors (Lipinski definition) is 4. The number of ether oxygens (including phenoxy) is 1. The standard InChI is InChI=1S/C26H44O4/c1-4-5-6-9-12-16-26(29)17-15-22-21(19-26)18-24(27)23(22)13-10-7-8-11-14-25(28)30-20(2)3/h7,10,20-23,29H,4-6,8-9,11-19H2,1-3H3/t21-,22-,23-,26+/m1/s1. The highest BCUT2D eigenvalue weighted by atomic mass is 16.5. The normalized spacial score (nSPS) is 29.0. The average Bonchev–Trinajstić information content (AvgIpc) is 2.97. The summed E-state index contributed by atoms with van der Waals surface area (Å²) in [6, 6.07) is 0. The molecule has 0 radical (unpaired) electrons. The summed E-state index contributed by atoms with van der Waals surface area (Å²) in [6.45, 7) is 5.95. The first-order valence-electron chi connectivity index (χ1n) is 12.4. The molecule has 2 aliphatic carbocycles. The minimum absolute atomic E-state index is 0.0522. The third kappa shape index (κ3) is 8.17. The number of Topliss-reactive ketones (excluding diaryl/α,β-unsaturated/α-hetero) is 1. The molecule has 2 aliphatic rings. The Kier molecular flexibility index (Phi) is 10.6. The van der Waals surface area contributed by atoms with Crippen molar-refractivity contribution >= 4 is 11.8 Å². The van der Waals surface area contributed by atoms with E-state index in [1.807, 2.05) is 13.8 Å². The van der Waals surface area contributed by atoms with Gasteiger partial charge in [-0.05, 0) is 70.6 Å². The molecule has 172 valence electrons. The molecule has 1 N–H and O–H groups in total. The second kappa shape index (κ2) is 12.6. The van der Waals surface area contributed by atoms with Crippen LogP contribution in [0.1, 0.15) is 111 Å². The second-order valence-electron chi connectivity index (χ2n) is 9.97. The maximum Gasteiger partial charge on any atom is 0.306 e. The number of ketones is 1. The van der Waals surface area contributed by atoms with Crippen molar-refractivity contribution < 1.29 is 19.4 Å². The molecule has 2 fully saturated rings. The first kappa shape index (κ1) is 25.1. The number of esters is 1. The van der Waals surface area contributed by atoms with Crippen LogP contribution in [0.2, 0.25) is 0 Å². The number of rotatable bonds is 13. The number of fused-ring (bicyclic) bond motifs is 1. The molecule has 0 aromatic heterocycles. The summed E-state index contributed by atoms with van der Waals surface area (Å²) in [4.78, 5) is 24.2. The molecule has 0 aromatic carbocycles. The van der Waals surface area contributed by atoms with E-state index in [9.17, 15) is 14.7 Å². The largest absolute Gasteiger partial charge is 0.463 e. The maximum atomic E-state index is 12.6. The zero-order valence-electron chi connectivity index (χ0n) is 19.5. The average molecular weight is 421 g/mol. The number of aliphatic hydroxyl groups is 1. The van der Waals surface area contributed by atoms with Crippen LogP contribution >= 0.6 is 0 Å². The van der Waals surface area contributed by atoms with Crippen molar-refractivity contribution in [2.75, 3.05) is 0 Å². The summed E-state index contributed by atoms with van der Waals surface area (Å²) < 4.78 is 5.14. The molecule has 2 rings (SSSR count). The van der Waals surface area contributed by atoms with Gasteiger partial charge in [0.05, 0.1) is 11.7 Å². The summed E-state index contributed by atoms with van der Waals surface area (Å²) in [5.74, 6) is 1.21. The van der Waals surface area contributed by atoms with E-state index in [1.165, 1.54) is 25.7 Å². The van der Waals surface area contributed by atoms with Crippen LogP contribution in [0.15, 0.2) is 12.2 Å². The number of allylic oxidation sites excluding steroid dienone is 2. The van der Waals surface area contributed by atoms with E-state index in [0.29, 0.717) is 30.5 Å². The third-order valence-electron chi connectivity index (χ3n) is 7.01. The second-order valence-corrected chi connectivity index (χ2v) is 9.97. The van der Waals surface area contributed by atoms with E-state index < -0.39 is 5.60 Å². The van der Waals surface area contributed by atoms with Gasteiger partial charge in [0.2, 0.25) is 0 Å². The summed E-state index contributed by atoms with van der Waals surface area (Å²) >= 11 is 0. The predicted molar refractivity (Wildman–Crippen MR) is 121 cm³/mol. The molecule has 0 saturated heterocycles. The fourth-order valence-corrected chi connectivity index (χ4v) is 5.45. The van der Waals surface area contributed by atoms with Crippen LogP contribution in [-0.4, -0.2) is 28.6 Å². The van der Waals surface area contributed by atoms with Gasteiger partial charge in [-0.2, -0.15) is 0 Å². The quantitative estimate of drug-likeness (QED) is 0.220. The van der Waals surface area contributed by atoms with Crippen LogP contribution in [0, 0.1) is 17.8 Å². The van der Waals surface area contributed by atoms with Crippen molar-refractivity contribution in [1.29, 1.82) is 0 Å². The van der Waals surface area contributed by atoms with Crippen molar-refractivity contribution in [3.8, 4) is 0 Å². The Morgan fingerprint density at radius 3 is 2.70 bits per heavy atom. The predicted octanol–water partition coefficient (Wildman–Crippen LogP) is 6.15. The van der Waals surface area contributed by atoms with E-state index in [0.717, 1.165) is 51.4 Å². The van der Waals surface area contributed by atoms with Crippen molar-refractivity contribution in [2.45, 2.75) is 122 Å². The lowest BCUT2D eigenvalue weighted by Crippen LogP contribution is -2.38. The van der Waals surface area contributed by atoms with Crippen molar-refractivity contribution in [3.05, 3.63) is 12.2 Å². The Morgan fingerprint density at radius 1 is 1.20 bits per heavy atom. The molecule has 0 aliphatic heterocycles. The molecule has 0 aromatic rings. The minimum atomic E-state index is -0.539. The van der Waals surface area contributed by atoms with E-state index in [2.05, 4.69) is 19.1 Å². The summed E-state index contributed by atoms with van der Waals surface area (Å²) in [6.07, 6.45) is 17.4. The Hall–Kier alpha value is -1.16. The first-order chi connectivity index (χ1) is 14.3. The SMILES string of the molecule is CCCCCCC[C@]1(O)CC[C@@H]2[C@H](CC(=O)[C@@H]2CC=CCCCC(=O)OC(C)C)C1. The fourth-order valence-electron chi connectivity index (χ4n) is 5.45. The Morgan fingerprint density at radius 2 is 1.97 bits per heavy atom. The van der Waals surface area contributed by atoms with Crippen LogP contribution < -0.4 is 0 Å². The highest BCUT2D eigenvalue weighted by Crippen LogP contribution is 2.49. The van der Waals surface area contributed by atoms with Crippen molar-refractivity contribution in [3.63, 3.8) is 0 Å². The molecule has 4 heteroatoms. The van der Waals surface area contributed by atoms with Gasteiger partial charge in [-0.25, -0.2) is 0 Å². The lowest BCUT2D eigenvalue weighted by Gasteiger charge is -2.40. The van der Waals surface area contributed by atoms with Crippen molar-refractivity contribution in [1.82, 2.24) is 0 Å². The summed E-state index contributed by atoms with van der Waals surface area (Å²) in [5, 5.41) is 11.1. The molecule has 0 unspecified atom stereocenters. The van der Waals surface area contributed by atoms with E-state index in [4.69, 9.17) is 4.74 Å². The van der Waals surface area contributed by atoms with Gasteiger partial charge in [0.1, 0.15) is 5.78 Å². The molecule has 4 nitrogen and oxygen atoms in total. The molecule has 2 saturated carbocycles. The molecule has 4 atom stereocenters. The monoisotopic (exact) mass is 420 g/mol. The summed E-state index contributed by atoms with van der Waals surface area (Å²) in [7, 11) is 0. The summed E-state index contributed by atoms with van der Waals surface area (Å²) in [5.41, 5.74) is -0.539. The van der Waals surface area contributed by atoms with Gasteiger partial charge in [-0.3, -0.25) is 9.59 Å². The molecule has 30 heavy (non-hydrogen) atoms. The van der Waals surface area contributed by atoms with E-state index in [1.54, 1.807) is 0 Å². The van der Waals surface area contributed by atoms with Crippen LogP contribution in [0.4, 0.5) is 0 Å². The molecule has 0 spiro atoms. The van der Waals surface area contributed by atoms with Crippen LogP contribution in [0.5, 0.6) is 0 Å². The first-order valence-corrected chi connectivity index (χ1v) is 12.4. The van der Waals surface area contributed by atoms with E-state index in [-0.39, 0.29) is 18.0 Å². The molecule has 0 bridgehead atoms. The van der Waals surface area contributed by atoms with E-state index >= 15 is 0 Å². The lowest BCUT2D eigenvalue weighted by atomic mass is 9.69. The third-order valence-corrected chi connectivity index (χ3v) is 7.01. The highest BCUT2D eigenvalue weighted by Gasteiger charge is 2.48. The van der Waals surface area contributed by atoms with Gasteiger partial charge < -0.3 is 9.84 Å².